The highest BCUT2D eigenvalue weighted by Crippen LogP contribution is 2.43. The zero-order valence-corrected chi connectivity index (χ0v) is 18.8. The van der Waals surface area contributed by atoms with Crippen LogP contribution in [0.25, 0.3) is 10.2 Å². The number of hydrogen-bond acceptors (Lipinski definition) is 6. The van der Waals surface area contributed by atoms with Crippen LogP contribution in [0.1, 0.15) is 28.3 Å². The third kappa shape index (κ3) is 3.48. The lowest BCUT2D eigenvalue weighted by atomic mass is 9.83. The molecule has 1 atom stereocenters. The van der Waals surface area contributed by atoms with Crippen molar-refractivity contribution in [2.24, 2.45) is 0 Å². The molecule has 0 bridgehead atoms. The van der Waals surface area contributed by atoms with Gasteiger partial charge in [0.15, 0.2) is 0 Å². The average Bonchev–Trinajstić information content (AvgIpc) is 3.23. The van der Waals surface area contributed by atoms with E-state index in [-0.39, 0.29) is 0 Å². The molecule has 5 nitrogen and oxygen atoms in total. The van der Waals surface area contributed by atoms with Crippen molar-refractivity contribution in [2.75, 3.05) is 36.0 Å². The molecule has 3 heterocycles. The van der Waals surface area contributed by atoms with E-state index in [1.54, 1.807) is 18.5 Å². The number of thiophene rings is 1. The standard InChI is InChI=1S/C26H26N4OS/c31-21-9-6-18(7-10-21)19-8-11-22-23(16-19)32-26-24(22)25(27-17-28-26)30-14-12-29(13-15-30)20-4-2-1-3-5-20/h1-7,9-10,17,19,31H,8,11-16H2. The maximum atomic E-state index is 9.62. The van der Waals surface area contributed by atoms with Crippen LogP contribution in [-0.4, -0.2) is 41.3 Å². The van der Waals surface area contributed by atoms with Crippen molar-refractivity contribution in [3.63, 3.8) is 0 Å². The van der Waals surface area contributed by atoms with E-state index in [9.17, 15) is 5.11 Å². The first-order chi connectivity index (χ1) is 15.8. The number of piperazine rings is 1. The minimum absolute atomic E-state index is 0.333. The van der Waals surface area contributed by atoms with Gasteiger partial charge in [0.1, 0.15) is 22.7 Å². The van der Waals surface area contributed by atoms with Gasteiger partial charge < -0.3 is 14.9 Å². The van der Waals surface area contributed by atoms with Crippen molar-refractivity contribution in [3.8, 4) is 5.75 Å². The SMILES string of the molecule is Oc1ccc(C2CCc3c(sc4ncnc(N5CCN(c6ccccc6)CC5)c34)C2)cc1. The Kier molecular flexibility index (Phi) is 4.95. The summed E-state index contributed by atoms with van der Waals surface area (Å²) in [5.41, 5.74) is 4.07. The van der Waals surface area contributed by atoms with Gasteiger partial charge in [-0.1, -0.05) is 30.3 Å². The molecule has 6 rings (SSSR count). The number of nitrogens with zero attached hydrogens (tertiary/aromatic N) is 4. The maximum Gasteiger partial charge on any atom is 0.141 e. The summed E-state index contributed by atoms with van der Waals surface area (Å²) in [6, 6.07) is 18.4. The van der Waals surface area contributed by atoms with Crippen LogP contribution >= 0.6 is 11.3 Å². The Labute approximate surface area is 192 Å². The quantitative estimate of drug-likeness (QED) is 0.484. The third-order valence-corrected chi connectivity index (χ3v) is 8.05. The van der Waals surface area contributed by atoms with Gasteiger partial charge in [-0.25, -0.2) is 9.97 Å². The first-order valence-electron chi connectivity index (χ1n) is 11.4. The van der Waals surface area contributed by atoms with Crippen molar-refractivity contribution in [2.45, 2.75) is 25.2 Å². The second-order valence-electron chi connectivity index (χ2n) is 8.72. The number of phenols is 1. The molecule has 1 fully saturated rings. The number of anilines is 2. The van der Waals surface area contributed by atoms with Crippen molar-refractivity contribution in [1.29, 1.82) is 0 Å². The monoisotopic (exact) mass is 442 g/mol. The van der Waals surface area contributed by atoms with Crippen LogP contribution in [0.4, 0.5) is 11.5 Å². The number of aromatic nitrogens is 2. The summed E-state index contributed by atoms with van der Waals surface area (Å²) in [6.07, 6.45) is 4.97. The summed E-state index contributed by atoms with van der Waals surface area (Å²) in [5, 5.41) is 10.9. The van der Waals surface area contributed by atoms with E-state index in [1.807, 2.05) is 11.3 Å². The highest BCUT2D eigenvalue weighted by molar-refractivity contribution is 7.19. The van der Waals surface area contributed by atoms with E-state index in [4.69, 9.17) is 4.98 Å². The molecule has 2 aromatic heterocycles. The lowest BCUT2D eigenvalue weighted by Gasteiger charge is -2.37. The molecule has 2 aliphatic rings. The minimum atomic E-state index is 0.333. The van der Waals surface area contributed by atoms with Crippen LogP contribution < -0.4 is 9.80 Å². The van der Waals surface area contributed by atoms with E-state index in [0.29, 0.717) is 11.7 Å². The largest absolute Gasteiger partial charge is 0.508 e. The number of fused-ring (bicyclic) bond motifs is 3. The Morgan fingerprint density at radius 2 is 1.62 bits per heavy atom. The molecule has 0 radical (unpaired) electrons. The Hall–Kier alpha value is -3.12. The first-order valence-corrected chi connectivity index (χ1v) is 12.2. The van der Waals surface area contributed by atoms with E-state index in [1.165, 1.54) is 27.1 Å². The summed E-state index contributed by atoms with van der Waals surface area (Å²) >= 11 is 1.84. The van der Waals surface area contributed by atoms with Gasteiger partial charge in [0.2, 0.25) is 0 Å². The molecule has 32 heavy (non-hydrogen) atoms. The number of phenolic OH excluding ortho intramolecular Hbond substituents is 1. The van der Waals surface area contributed by atoms with Gasteiger partial charge in [-0.3, -0.25) is 0 Å². The van der Waals surface area contributed by atoms with Gasteiger partial charge in [0, 0.05) is 36.7 Å². The van der Waals surface area contributed by atoms with E-state index >= 15 is 0 Å². The maximum absolute atomic E-state index is 9.62. The van der Waals surface area contributed by atoms with E-state index in [0.717, 1.165) is 56.1 Å². The third-order valence-electron chi connectivity index (χ3n) is 6.89. The highest BCUT2D eigenvalue weighted by atomic mass is 32.1. The van der Waals surface area contributed by atoms with Gasteiger partial charge in [-0.2, -0.15) is 0 Å². The minimum Gasteiger partial charge on any atom is -0.508 e. The number of benzene rings is 2. The lowest BCUT2D eigenvalue weighted by Crippen LogP contribution is -2.46. The molecule has 1 unspecified atom stereocenters. The van der Waals surface area contributed by atoms with Crippen LogP contribution in [0.5, 0.6) is 5.75 Å². The first kappa shape index (κ1) is 19.6. The fourth-order valence-corrected chi connectivity index (χ4v) is 6.44. The molecule has 0 spiro atoms. The Bertz CT molecular complexity index is 1230. The normalized spacial score (nSPS) is 18.7. The molecule has 1 aliphatic carbocycles. The molecular formula is C26H26N4OS. The van der Waals surface area contributed by atoms with Crippen LogP contribution in [0.3, 0.4) is 0 Å². The molecular weight excluding hydrogens is 416 g/mol. The number of hydrogen-bond donors (Lipinski definition) is 1. The summed E-state index contributed by atoms with van der Waals surface area (Å²) in [4.78, 5) is 16.9. The number of aryl methyl sites for hydroxylation is 1. The zero-order valence-electron chi connectivity index (χ0n) is 17.9. The van der Waals surface area contributed by atoms with Gasteiger partial charge in [-0.15, -0.1) is 11.3 Å². The predicted molar refractivity (Wildman–Crippen MR) is 131 cm³/mol. The second-order valence-corrected chi connectivity index (χ2v) is 9.81. The van der Waals surface area contributed by atoms with Crippen molar-refractivity contribution in [3.05, 3.63) is 76.9 Å². The van der Waals surface area contributed by atoms with Gasteiger partial charge >= 0.3 is 0 Å². The van der Waals surface area contributed by atoms with E-state index in [2.05, 4.69) is 57.2 Å². The molecule has 0 saturated carbocycles. The topological polar surface area (TPSA) is 52.5 Å². The molecule has 1 saturated heterocycles. The fourth-order valence-electron chi connectivity index (χ4n) is 5.18. The van der Waals surface area contributed by atoms with Crippen molar-refractivity contribution in [1.82, 2.24) is 9.97 Å². The summed E-state index contributed by atoms with van der Waals surface area (Å²) in [6.45, 7) is 3.96. The van der Waals surface area contributed by atoms with Crippen LogP contribution in [0, 0.1) is 0 Å². The lowest BCUT2D eigenvalue weighted by molar-refractivity contribution is 0.474. The predicted octanol–water partition coefficient (Wildman–Crippen LogP) is 5.00. The zero-order chi connectivity index (χ0) is 21.5. The number of aromatic hydroxyl groups is 1. The highest BCUT2D eigenvalue weighted by Gasteiger charge is 2.28. The average molecular weight is 443 g/mol. The molecule has 162 valence electrons. The number of para-hydroxylation sites is 1. The van der Waals surface area contributed by atoms with Gasteiger partial charge in [-0.05, 0) is 60.6 Å². The van der Waals surface area contributed by atoms with Gasteiger partial charge in [0.25, 0.3) is 0 Å². The molecule has 6 heteroatoms. The molecule has 2 aromatic carbocycles. The van der Waals surface area contributed by atoms with E-state index < -0.39 is 0 Å². The smallest absolute Gasteiger partial charge is 0.141 e. The molecule has 1 N–H and O–H groups in total. The van der Waals surface area contributed by atoms with Crippen LogP contribution in [-0.2, 0) is 12.8 Å². The van der Waals surface area contributed by atoms with Crippen molar-refractivity contribution >= 4 is 33.1 Å². The molecule has 4 aromatic rings. The molecule has 1 aliphatic heterocycles. The van der Waals surface area contributed by atoms with Crippen LogP contribution in [0.15, 0.2) is 60.9 Å². The second kappa shape index (κ2) is 8.10. The molecule has 0 amide bonds. The Balaban J connectivity index is 1.26. The summed E-state index contributed by atoms with van der Waals surface area (Å²) in [5.74, 6) is 1.95. The van der Waals surface area contributed by atoms with Gasteiger partial charge in [0.05, 0.1) is 5.39 Å². The summed E-state index contributed by atoms with van der Waals surface area (Å²) < 4.78 is 0. The Morgan fingerprint density at radius 1 is 0.875 bits per heavy atom. The fraction of sp³-hybridized carbons (Fsp3) is 0.308. The Morgan fingerprint density at radius 3 is 2.41 bits per heavy atom. The number of rotatable bonds is 3. The van der Waals surface area contributed by atoms with Crippen LogP contribution in [0.2, 0.25) is 0 Å². The summed E-state index contributed by atoms with van der Waals surface area (Å²) in [7, 11) is 0. The van der Waals surface area contributed by atoms with Crippen molar-refractivity contribution < 1.29 is 5.11 Å².